The van der Waals surface area contributed by atoms with Gasteiger partial charge in [-0.3, -0.25) is 13.9 Å². The molecule has 4 rings (SSSR count). The summed E-state index contributed by atoms with van der Waals surface area (Å²) < 4.78 is 48.1. The molecular weight excluding hydrogens is 484 g/mol. The number of methoxy groups -OCH3 is 1. The number of rotatable bonds is 10. The molecule has 3 heterocycles. The van der Waals surface area contributed by atoms with Crippen molar-refractivity contribution in [2.24, 2.45) is 11.8 Å². The van der Waals surface area contributed by atoms with Gasteiger partial charge in [-0.1, -0.05) is 0 Å². The van der Waals surface area contributed by atoms with Crippen LogP contribution >= 0.6 is 26.6 Å². The monoisotopic (exact) mass is 509 g/mol. The van der Waals surface area contributed by atoms with Gasteiger partial charge in [-0.15, -0.1) is 0 Å². The second kappa shape index (κ2) is 9.75. The molecule has 0 aromatic carbocycles. The van der Waals surface area contributed by atoms with Crippen molar-refractivity contribution in [1.82, 2.24) is 19.5 Å². The smallest absolute Gasteiger partial charge is 0.374 e. The maximum atomic E-state index is 12.9. The molecule has 1 aliphatic heterocycles. The second-order valence-corrected chi connectivity index (χ2v) is 13.3. The Kier molecular flexibility index (Phi) is 7.38. The van der Waals surface area contributed by atoms with Gasteiger partial charge < -0.3 is 23.5 Å². The minimum Gasteiger partial charge on any atom is -0.374 e. The summed E-state index contributed by atoms with van der Waals surface area (Å²) in [5, 5.41) is 0. The maximum absolute atomic E-state index is 12.9. The molecule has 0 amide bonds. The van der Waals surface area contributed by atoms with Crippen molar-refractivity contribution in [2.75, 3.05) is 27.6 Å². The lowest BCUT2D eigenvalue weighted by Crippen LogP contribution is -2.36. The van der Waals surface area contributed by atoms with Gasteiger partial charge in [0.05, 0.1) is 18.8 Å². The Morgan fingerprint density at radius 2 is 2.06 bits per heavy atom. The molecule has 7 unspecified atom stereocenters. The number of nitrogens with zero attached hydrogens (tertiary/aromatic N) is 3. The first-order valence-corrected chi connectivity index (χ1v) is 14.2. The van der Waals surface area contributed by atoms with E-state index in [1.54, 1.807) is 25.0 Å². The van der Waals surface area contributed by atoms with Crippen LogP contribution in [0.15, 0.2) is 17.4 Å². The van der Waals surface area contributed by atoms with E-state index in [-0.39, 0.29) is 22.7 Å². The van der Waals surface area contributed by atoms with Crippen LogP contribution in [0.25, 0.3) is 11.2 Å². The SMILES string of the molecule is COC1C(OP(=O)(ON)SC)C(C2CC2P(OC)OC)OC1n1cnc2c(=O)[nH]cnc21. The zero-order valence-corrected chi connectivity index (χ0v) is 20.4. The molecule has 0 bridgehead atoms. The summed E-state index contributed by atoms with van der Waals surface area (Å²) in [7, 11) is 3.58. The molecule has 2 aliphatic rings. The summed E-state index contributed by atoms with van der Waals surface area (Å²) in [4.78, 5) is 23.0. The number of nitrogens with two attached hydrogens (primary N) is 1. The fourth-order valence-electron chi connectivity index (χ4n) is 4.05. The molecule has 0 spiro atoms. The molecule has 13 nitrogen and oxygen atoms in total. The van der Waals surface area contributed by atoms with E-state index >= 15 is 0 Å². The van der Waals surface area contributed by atoms with Gasteiger partial charge in [0.1, 0.15) is 12.2 Å². The van der Waals surface area contributed by atoms with Crippen LogP contribution in [0.5, 0.6) is 0 Å². The normalized spacial score (nSPS) is 31.9. The molecule has 32 heavy (non-hydrogen) atoms. The number of hydrogen-bond acceptors (Lipinski definition) is 12. The Morgan fingerprint density at radius 1 is 1.31 bits per heavy atom. The van der Waals surface area contributed by atoms with E-state index in [0.29, 0.717) is 5.65 Å². The molecular formula is C16H25N5O8P2S. The number of fused-ring (bicyclic) bond motifs is 1. The number of H-pyrrole nitrogens is 1. The Hall–Kier alpha value is -0.920. The third-order valence-corrected chi connectivity index (χ3v) is 10.5. The van der Waals surface area contributed by atoms with Gasteiger partial charge in [-0.05, 0) is 30.0 Å². The minimum atomic E-state index is -3.66. The highest BCUT2D eigenvalue weighted by atomic mass is 32.7. The van der Waals surface area contributed by atoms with E-state index in [9.17, 15) is 9.36 Å². The molecule has 178 valence electrons. The van der Waals surface area contributed by atoms with Crippen molar-refractivity contribution in [3.05, 3.63) is 23.0 Å². The molecule has 2 aromatic heterocycles. The van der Waals surface area contributed by atoms with Crippen molar-refractivity contribution in [1.29, 1.82) is 0 Å². The minimum absolute atomic E-state index is 0.00730. The van der Waals surface area contributed by atoms with E-state index < -0.39 is 39.7 Å². The largest absolute Gasteiger partial charge is 0.405 e. The first kappa shape index (κ1) is 24.2. The van der Waals surface area contributed by atoms with Crippen molar-refractivity contribution in [3.63, 3.8) is 0 Å². The maximum Gasteiger partial charge on any atom is 0.405 e. The lowest BCUT2D eigenvalue weighted by atomic mass is 10.1. The van der Waals surface area contributed by atoms with Crippen LogP contribution in [0.4, 0.5) is 0 Å². The molecule has 3 N–H and O–H groups in total. The van der Waals surface area contributed by atoms with Gasteiger partial charge in [0.2, 0.25) is 0 Å². The van der Waals surface area contributed by atoms with Gasteiger partial charge in [0, 0.05) is 27.0 Å². The molecule has 2 aromatic rings. The van der Waals surface area contributed by atoms with Crippen LogP contribution in [0.2, 0.25) is 0 Å². The molecule has 1 saturated carbocycles. The predicted molar refractivity (Wildman–Crippen MR) is 117 cm³/mol. The van der Waals surface area contributed by atoms with E-state index in [1.165, 1.54) is 19.8 Å². The number of nitrogens with one attached hydrogen (secondary N) is 1. The van der Waals surface area contributed by atoms with Crippen LogP contribution in [0.3, 0.4) is 0 Å². The van der Waals surface area contributed by atoms with Gasteiger partial charge in [-0.2, -0.15) is 0 Å². The van der Waals surface area contributed by atoms with Crippen LogP contribution in [0, 0.1) is 5.92 Å². The second-order valence-electron chi connectivity index (χ2n) is 7.17. The van der Waals surface area contributed by atoms with E-state index in [2.05, 4.69) is 19.6 Å². The van der Waals surface area contributed by atoms with Crippen molar-refractivity contribution in [3.8, 4) is 0 Å². The van der Waals surface area contributed by atoms with Crippen LogP contribution < -0.4 is 11.5 Å². The topological polar surface area (TPSA) is 162 Å². The van der Waals surface area contributed by atoms with E-state index in [0.717, 1.165) is 17.8 Å². The molecule has 1 saturated heterocycles. The summed E-state index contributed by atoms with van der Waals surface area (Å²) >= 11 is 0.878. The van der Waals surface area contributed by atoms with Crippen molar-refractivity contribution < 1.29 is 32.2 Å². The first-order chi connectivity index (χ1) is 15.4. The fourth-order valence-corrected chi connectivity index (χ4v) is 7.22. The third-order valence-electron chi connectivity index (χ3n) is 5.60. The van der Waals surface area contributed by atoms with Crippen molar-refractivity contribution in [2.45, 2.75) is 36.6 Å². The number of ether oxygens (including phenoxy) is 2. The average molecular weight is 509 g/mol. The zero-order chi connectivity index (χ0) is 23.0. The van der Waals surface area contributed by atoms with Gasteiger partial charge >= 0.3 is 6.80 Å². The quantitative estimate of drug-likeness (QED) is 0.353. The molecule has 7 atom stereocenters. The summed E-state index contributed by atoms with van der Waals surface area (Å²) in [6, 6.07) is 0. The zero-order valence-electron chi connectivity index (χ0n) is 17.8. The van der Waals surface area contributed by atoms with Crippen LogP contribution in [-0.2, 0) is 32.2 Å². The number of aromatic nitrogens is 4. The molecule has 1 aliphatic carbocycles. The summed E-state index contributed by atoms with van der Waals surface area (Å²) in [6.45, 7) is -3.66. The van der Waals surface area contributed by atoms with Gasteiger partial charge in [0.25, 0.3) is 5.56 Å². The van der Waals surface area contributed by atoms with E-state index in [4.69, 9.17) is 28.9 Å². The summed E-state index contributed by atoms with van der Waals surface area (Å²) in [6.07, 6.45) is 2.32. The van der Waals surface area contributed by atoms with Crippen LogP contribution in [0.1, 0.15) is 12.6 Å². The number of imidazole rings is 1. The molecule has 0 radical (unpaired) electrons. The Bertz CT molecular complexity index is 1040. The number of aromatic amines is 1. The first-order valence-electron chi connectivity index (χ1n) is 9.59. The van der Waals surface area contributed by atoms with Crippen molar-refractivity contribution >= 4 is 37.7 Å². The summed E-state index contributed by atoms with van der Waals surface area (Å²) in [5.74, 6) is 5.28. The average Bonchev–Trinajstić information content (AvgIpc) is 3.31. The lowest BCUT2D eigenvalue weighted by molar-refractivity contribution is -0.0525. The Morgan fingerprint density at radius 3 is 2.69 bits per heavy atom. The number of hydrogen-bond donors (Lipinski definition) is 2. The van der Waals surface area contributed by atoms with Crippen LogP contribution in [-0.4, -0.2) is 71.1 Å². The highest BCUT2D eigenvalue weighted by molar-refractivity contribution is 8.54. The van der Waals surface area contributed by atoms with Gasteiger partial charge in [-0.25, -0.2) is 25.1 Å². The van der Waals surface area contributed by atoms with Gasteiger partial charge in [0.15, 0.2) is 25.8 Å². The third kappa shape index (κ3) is 4.29. The molecule has 16 heteroatoms. The highest BCUT2D eigenvalue weighted by Gasteiger charge is 2.60. The summed E-state index contributed by atoms with van der Waals surface area (Å²) in [5.41, 5.74) is 0.229. The standard InChI is InChI=1S/C16H25N5O8P2S/c1-24-13-12(28-31(23,29-17)32-4)11(8-5-9(8)30(25-2)26-3)27-16(13)21-7-20-10-14(21)18-6-19-15(10)22/h6-9,11-13,16H,5,17H2,1-4H3,(H,18,19,22). The fraction of sp³-hybridized carbons (Fsp3) is 0.688. The highest BCUT2D eigenvalue weighted by Crippen LogP contribution is 2.64. The Labute approximate surface area is 188 Å². The Balaban J connectivity index is 1.70. The predicted octanol–water partition coefficient (Wildman–Crippen LogP) is 1.77. The molecule has 2 fully saturated rings. The lowest BCUT2D eigenvalue weighted by Gasteiger charge is -2.26. The van der Waals surface area contributed by atoms with E-state index in [1.807, 2.05) is 0 Å².